The number of amides is 7. The number of carbonyl (C=O) groups is 7. The lowest BCUT2D eigenvalue weighted by Gasteiger charge is -2.27. The summed E-state index contributed by atoms with van der Waals surface area (Å²) in [5.74, 6) is -3.71. The fourth-order valence-electron chi connectivity index (χ4n) is 9.67. The number of nitrogens with zero attached hydrogens (tertiary/aromatic N) is 8. The van der Waals surface area contributed by atoms with Crippen LogP contribution >= 0.6 is 25.8 Å². The van der Waals surface area contributed by atoms with Gasteiger partial charge in [-0.25, -0.2) is 42.9 Å². The summed E-state index contributed by atoms with van der Waals surface area (Å²) in [6, 6.07) is 4.40. The number of imidazole rings is 1. The molecule has 4 aliphatic rings. The number of hydrogen-bond acceptors (Lipinski definition) is 23. The number of likely N-dealkylation sites (N-methyl/N-ethyl adjacent to an activating group) is 1. The number of aliphatic hydroxyl groups is 1. The van der Waals surface area contributed by atoms with Crippen LogP contribution in [0.25, 0.3) is 22.2 Å². The summed E-state index contributed by atoms with van der Waals surface area (Å²) in [6.45, 7) is -6.05. The van der Waals surface area contributed by atoms with Crippen LogP contribution in [0.5, 0.6) is 0 Å². The van der Waals surface area contributed by atoms with Crippen molar-refractivity contribution in [1.29, 1.82) is 0 Å². The first-order valence-corrected chi connectivity index (χ1v) is 32.8. The highest BCUT2D eigenvalue weighted by Gasteiger charge is 2.54. The van der Waals surface area contributed by atoms with E-state index < -0.39 is 129 Å². The minimum absolute atomic E-state index is 0.0799. The lowest BCUT2D eigenvalue weighted by Crippen LogP contribution is -2.53. The summed E-state index contributed by atoms with van der Waals surface area (Å²) >= 11 is 9.30. The van der Waals surface area contributed by atoms with Crippen molar-refractivity contribution in [2.45, 2.75) is 114 Å². The molecule has 9 rings (SSSR count). The monoisotopic (exact) mass is 1320 g/mol. The van der Waals surface area contributed by atoms with E-state index in [0.717, 1.165) is 44.1 Å². The lowest BCUT2D eigenvalue weighted by atomic mass is 10.0. The van der Waals surface area contributed by atoms with Crippen molar-refractivity contribution in [1.82, 2.24) is 54.5 Å². The van der Waals surface area contributed by atoms with Crippen molar-refractivity contribution in [2.24, 2.45) is 5.92 Å². The molecule has 8 heterocycles. The summed E-state index contributed by atoms with van der Waals surface area (Å²) in [5.41, 5.74) is -0.314. The zero-order valence-electron chi connectivity index (χ0n) is 47.6. The lowest BCUT2D eigenvalue weighted by molar-refractivity contribution is -0.137. The van der Waals surface area contributed by atoms with Crippen LogP contribution < -0.4 is 26.8 Å². The number of halogens is 2. The van der Waals surface area contributed by atoms with Crippen molar-refractivity contribution in [3.63, 3.8) is 0 Å². The van der Waals surface area contributed by atoms with Gasteiger partial charge in [-0.1, -0.05) is 44.6 Å². The number of nitrogens with one attached hydrogen (secondary N) is 5. The van der Waals surface area contributed by atoms with E-state index >= 15 is 8.78 Å². The summed E-state index contributed by atoms with van der Waals surface area (Å²) in [7, 11) is 1.40. The SMILES string of the molecule is CC(C)[C@H](NC(=O)CCCCCN1C(=O)C=CC1=O)C(=O)N[C@@H](C)C(=O)Nc1ccc(COC(=O)N(C)CCOC(=O)Nc2ncnc3c2ncn3[C@@H]2O[C@@H]3COP(O)(=S)O[C@H]4C(n5cc(F)c6c(=O)[nH]cnc65)O[C@H](COP(=O)(S)O[C@H]3[C@H]2F)[C@H]4O)cc1. The van der Waals surface area contributed by atoms with Gasteiger partial charge in [0.25, 0.3) is 17.4 Å². The van der Waals surface area contributed by atoms with Gasteiger partial charge in [0.2, 0.25) is 17.7 Å². The number of fused-ring (bicyclic) bond motifs is 5. The van der Waals surface area contributed by atoms with Crippen LogP contribution in [0.3, 0.4) is 0 Å². The summed E-state index contributed by atoms with van der Waals surface area (Å²) in [5, 5.41) is 21.3. The van der Waals surface area contributed by atoms with Crippen LogP contribution in [-0.2, 0) is 84.0 Å². The van der Waals surface area contributed by atoms with Crippen molar-refractivity contribution >= 4 is 113 Å². The Kier molecular flexibility index (Phi) is 21.1. The Morgan fingerprint density at radius 3 is 2.34 bits per heavy atom. The third-order valence-corrected chi connectivity index (χ3v) is 17.5. The number of unbranched alkanes of at least 4 members (excludes halogenated alkanes) is 2. The second-order valence-corrected chi connectivity index (χ2v) is 26.7. The Labute approximate surface area is 513 Å². The first-order valence-electron chi connectivity index (χ1n) is 27.5. The van der Waals surface area contributed by atoms with Crippen LogP contribution in [0.1, 0.15) is 64.5 Å². The highest BCUT2D eigenvalue weighted by atomic mass is 32.7. The molecule has 480 valence electrons. The van der Waals surface area contributed by atoms with E-state index in [1.165, 1.54) is 26.1 Å². The molecular formula is C51H61F2N13O19P2S2. The maximum absolute atomic E-state index is 16.7. The topological polar surface area (TPSA) is 400 Å². The third-order valence-electron chi connectivity index (χ3n) is 14.3. The molecule has 4 aromatic heterocycles. The van der Waals surface area contributed by atoms with Crippen LogP contribution in [0.4, 0.5) is 29.9 Å². The fraction of sp³-hybridized carbons (Fsp3) is 0.490. The Morgan fingerprint density at radius 2 is 1.61 bits per heavy atom. The van der Waals surface area contributed by atoms with Gasteiger partial charge in [0.15, 0.2) is 47.1 Å². The van der Waals surface area contributed by atoms with E-state index in [4.69, 9.17) is 48.8 Å². The van der Waals surface area contributed by atoms with Gasteiger partial charge in [-0.15, -0.1) is 0 Å². The summed E-state index contributed by atoms with van der Waals surface area (Å²) in [6.07, 6.45) is -7.39. The van der Waals surface area contributed by atoms with E-state index in [0.29, 0.717) is 30.5 Å². The molecule has 0 aliphatic carbocycles. The number of aliphatic hydroxyl groups excluding tert-OH is 1. The molecule has 1 aromatic carbocycles. The Bertz CT molecular complexity index is 3680. The minimum Gasteiger partial charge on any atom is -0.447 e. The molecule has 7 N–H and O–H groups in total. The molecule has 0 radical (unpaired) electrons. The highest BCUT2D eigenvalue weighted by Crippen LogP contribution is 2.58. The van der Waals surface area contributed by atoms with E-state index in [1.54, 1.807) is 38.1 Å². The molecule has 0 saturated carbocycles. The Balaban J connectivity index is 0.716. The number of benzene rings is 1. The molecule has 3 unspecified atom stereocenters. The summed E-state index contributed by atoms with van der Waals surface area (Å²) < 4.78 is 92.5. The molecule has 12 atom stereocenters. The number of aromatic amines is 1. The number of thiol groups is 1. The molecule has 4 aliphatic heterocycles. The Morgan fingerprint density at radius 1 is 0.888 bits per heavy atom. The first-order chi connectivity index (χ1) is 42.3. The predicted molar refractivity (Wildman–Crippen MR) is 311 cm³/mol. The fourth-order valence-corrected chi connectivity index (χ4v) is 12.6. The zero-order valence-corrected chi connectivity index (χ0v) is 51.1. The first kappa shape index (κ1) is 66.2. The molecule has 89 heavy (non-hydrogen) atoms. The predicted octanol–water partition coefficient (Wildman–Crippen LogP) is 3.16. The normalized spacial score (nSPS) is 26.0. The van der Waals surface area contributed by atoms with Crippen molar-refractivity contribution < 1.29 is 94.0 Å². The zero-order chi connectivity index (χ0) is 64.1. The number of aromatic nitrogens is 7. The Hall–Kier alpha value is -7.21. The van der Waals surface area contributed by atoms with Gasteiger partial charge in [-0.3, -0.25) is 57.1 Å². The number of H-pyrrole nitrogens is 1. The van der Waals surface area contributed by atoms with Crippen LogP contribution in [0, 0.1) is 11.7 Å². The molecule has 2 bridgehead atoms. The average molecular weight is 1320 g/mol. The van der Waals surface area contributed by atoms with Crippen LogP contribution in [-0.4, -0.2) is 184 Å². The molecule has 5 aromatic rings. The van der Waals surface area contributed by atoms with Gasteiger partial charge in [0.05, 0.1) is 32.4 Å². The van der Waals surface area contributed by atoms with Crippen LogP contribution in [0.15, 0.2) is 66.4 Å². The van der Waals surface area contributed by atoms with Gasteiger partial charge in [0, 0.05) is 44.0 Å². The smallest absolute Gasteiger partial charge is 0.412 e. The number of rotatable bonds is 20. The number of carbonyl (C=O) groups excluding carboxylic acids is 7. The average Bonchev–Trinajstić information content (AvgIpc) is 1.64. The quantitative estimate of drug-likeness (QED) is 0.0240. The van der Waals surface area contributed by atoms with Gasteiger partial charge in [-0.2, -0.15) is 0 Å². The van der Waals surface area contributed by atoms with Gasteiger partial charge >= 0.3 is 25.7 Å². The number of anilines is 2. The standard InChI is InChI=1S/C51H61F2N13O19P2S2/c1-25(2)37(61-32(67)8-6-5-7-15-64-33(68)13-14-34(64)69)47(73)59-26(3)45(71)60-28-11-9-27(10-12-28)19-79-51(75)63(4)16-17-78-50(74)62-42-38-44(56-22-54-42)66(24-58-38)48-36(53)40-31(83-48)21-81-87(77,89)85-41-39(70)30(20-80-86(76,88)84-40)82-49(41)65-18-29(52)35-43(65)55-23-57-46(35)72/h9-14,18,22-26,30-31,36-37,39-41,48-49,70H,5-8,15-17,19-21H2,1-4H3,(H,59,73)(H,60,71)(H,61,67)(H,76,88)(H,77,89)(H,55,57,72)(H,54,56,62,74)/t26-,30+,31+,36+,37-,39+,40+,41+,48+,49?,86?,87?/m0/s1. The largest absolute Gasteiger partial charge is 0.447 e. The van der Waals surface area contributed by atoms with Crippen molar-refractivity contribution in [3.05, 3.63) is 83.3 Å². The molecule has 7 amide bonds. The molecule has 38 heteroatoms. The van der Waals surface area contributed by atoms with E-state index in [2.05, 4.69) is 58.4 Å². The maximum Gasteiger partial charge on any atom is 0.412 e. The van der Waals surface area contributed by atoms with Gasteiger partial charge < -0.3 is 63.9 Å². The molecular weight excluding hydrogens is 1260 g/mol. The van der Waals surface area contributed by atoms with Crippen molar-refractivity contribution in [2.75, 3.05) is 50.6 Å². The van der Waals surface area contributed by atoms with Crippen molar-refractivity contribution in [3.8, 4) is 0 Å². The molecule has 32 nitrogen and oxygen atoms in total. The molecule has 0 spiro atoms. The number of alkyl halides is 1. The minimum atomic E-state index is -4.61. The van der Waals surface area contributed by atoms with Gasteiger partial charge in [-0.05, 0) is 55.2 Å². The number of hydrogen-bond donors (Lipinski definition) is 8. The van der Waals surface area contributed by atoms with E-state index in [9.17, 15) is 52.9 Å². The summed E-state index contributed by atoms with van der Waals surface area (Å²) in [4.78, 5) is 133. The highest BCUT2D eigenvalue weighted by molar-refractivity contribution is 8.44. The maximum atomic E-state index is 16.7. The molecule has 3 fully saturated rings. The number of imide groups is 1. The van der Waals surface area contributed by atoms with Gasteiger partial charge in [0.1, 0.15) is 67.5 Å². The van der Waals surface area contributed by atoms with Crippen LogP contribution in [0.2, 0.25) is 0 Å². The number of ether oxygens (including phenoxy) is 4. The molecule has 3 saturated heterocycles. The second kappa shape index (κ2) is 28.3. The second-order valence-electron chi connectivity index (χ2n) is 21.0. The third kappa shape index (κ3) is 15.9. The van der Waals surface area contributed by atoms with E-state index in [-0.39, 0.29) is 79.0 Å². The van der Waals surface area contributed by atoms with E-state index in [1.807, 2.05) is 0 Å².